The smallest absolute Gasteiger partial charge is 0.274 e. The van der Waals surface area contributed by atoms with Gasteiger partial charge in [-0.05, 0) is 66.9 Å². The Morgan fingerprint density at radius 2 is 1.86 bits per heavy atom. The van der Waals surface area contributed by atoms with Gasteiger partial charge in [-0.3, -0.25) is 19.5 Å². The average Bonchev–Trinajstić information content (AvgIpc) is 3.77. The molecule has 44 heavy (non-hydrogen) atoms. The molecule has 4 aromatic rings. The van der Waals surface area contributed by atoms with Crippen molar-refractivity contribution in [2.75, 3.05) is 49.6 Å². The minimum Gasteiger partial charge on any atom is -0.381 e. The predicted octanol–water partition coefficient (Wildman–Crippen LogP) is 3.62. The van der Waals surface area contributed by atoms with E-state index in [-0.39, 0.29) is 17.9 Å². The van der Waals surface area contributed by atoms with Crippen molar-refractivity contribution in [3.05, 3.63) is 78.9 Å². The summed E-state index contributed by atoms with van der Waals surface area (Å²) in [5.74, 6) is 1.69. The number of piperidine rings is 1. The first-order valence-electron chi connectivity index (χ1n) is 15.2. The van der Waals surface area contributed by atoms with Gasteiger partial charge in [0.25, 0.3) is 5.91 Å². The molecule has 6 heterocycles. The average molecular weight is 593 g/mol. The molecule has 0 aliphatic carbocycles. The van der Waals surface area contributed by atoms with Gasteiger partial charge < -0.3 is 25.3 Å². The van der Waals surface area contributed by atoms with Crippen LogP contribution in [0.3, 0.4) is 0 Å². The van der Waals surface area contributed by atoms with E-state index in [2.05, 4.69) is 53.0 Å². The van der Waals surface area contributed by atoms with Crippen molar-refractivity contribution in [2.45, 2.75) is 25.4 Å². The third-order valence-corrected chi connectivity index (χ3v) is 8.90. The van der Waals surface area contributed by atoms with Gasteiger partial charge in [0.05, 0.1) is 18.6 Å². The number of pyridine rings is 1. The van der Waals surface area contributed by atoms with Gasteiger partial charge >= 0.3 is 0 Å². The number of nitrogens with one attached hydrogen (secondary N) is 3. The van der Waals surface area contributed by atoms with Crippen LogP contribution in [-0.4, -0.2) is 82.1 Å². The quantitative estimate of drug-likeness (QED) is 0.265. The lowest BCUT2D eigenvalue weighted by atomic mass is 10.0. The second-order valence-electron chi connectivity index (χ2n) is 12.0. The predicted molar refractivity (Wildman–Crippen MR) is 168 cm³/mol. The Kier molecular flexibility index (Phi) is 7.80. The Morgan fingerprint density at radius 3 is 2.66 bits per heavy atom. The molecule has 11 heteroatoms. The Labute approximate surface area is 255 Å². The molecule has 3 aliphatic heterocycles. The van der Waals surface area contributed by atoms with Crippen molar-refractivity contribution in [1.29, 1.82) is 0 Å². The van der Waals surface area contributed by atoms with Crippen molar-refractivity contribution in [3.63, 3.8) is 0 Å². The number of aromatic nitrogens is 4. The summed E-state index contributed by atoms with van der Waals surface area (Å²) in [7, 11) is 0. The van der Waals surface area contributed by atoms with Crippen LogP contribution in [0.1, 0.15) is 28.9 Å². The molecule has 0 saturated carbocycles. The standard InChI is InChI=1S/C33H36N8O3/c1-2-30(42)37-26-4-3-11-40(17-26)14-21-9-10-34-29(12-21)33(43)38-25-7-5-22(6-8-25)28-13-27-31(39-28)35-20-36-32(27)41-15-23-18-44-19-24(23)16-41/h2,5-10,12-13,20,23-24,26H,1,3-4,11,14-19H2,(H,37,42)(H,38,43)(H,35,36,39)/t23-,24+,26-/m1/s1. The van der Waals surface area contributed by atoms with E-state index in [9.17, 15) is 9.59 Å². The number of rotatable bonds is 8. The molecular weight excluding hydrogens is 556 g/mol. The summed E-state index contributed by atoms with van der Waals surface area (Å²) in [5, 5.41) is 6.98. The van der Waals surface area contributed by atoms with E-state index in [0.29, 0.717) is 29.8 Å². The minimum absolute atomic E-state index is 0.0986. The van der Waals surface area contributed by atoms with Crippen molar-refractivity contribution >= 4 is 34.4 Å². The van der Waals surface area contributed by atoms with E-state index < -0.39 is 0 Å². The number of hydrogen-bond donors (Lipinski definition) is 3. The lowest BCUT2D eigenvalue weighted by Gasteiger charge is -2.33. The number of benzene rings is 1. The maximum absolute atomic E-state index is 13.1. The van der Waals surface area contributed by atoms with Crippen LogP contribution in [0, 0.1) is 11.8 Å². The highest BCUT2D eigenvalue weighted by Crippen LogP contribution is 2.35. The van der Waals surface area contributed by atoms with E-state index in [1.807, 2.05) is 36.4 Å². The van der Waals surface area contributed by atoms with Crippen molar-refractivity contribution < 1.29 is 14.3 Å². The van der Waals surface area contributed by atoms with Crippen LogP contribution >= 0.6 is 0 Å². The Morgan fingerprint density at radius 1 is 1.05 bits per heavy atom. The number of H-pyrrole nitrogens is 1. The topological polar surface area (TPSA) is 128 Å². The van der Waals surface area contributed by atoms with Crippen LogP contribution in [0.4, 0.5) is 11.5 Å². The first-order valence-corrected chi connectivity index (χ1v) is 15.2. The van der Waals surface area contributed by atoms with Gasteiger partial charge in [0.2, 0.25) is 5.91 Å². The molecule has 0 bridgehead atoms. The van der Waals surface area contributed by atoms with Gasteiger partial charge in [-0.1, -0.05) is 18.7 Å². The van der Waals surface area contributed by atoms with E-state index in [1.165, 1.54) is 6.08 Å². The van der Waals surface area contributed by atoms with Crippen LogP contribution in [-0.2, 0) is 16.1 Å². The second kappa shape index (κ2) is 12.2. The highest BCUT2D eigenvalue weighted by molar-refractivity contribution is 6.03. The Hall–Kier alpha value is -4.61. The van der Waals surface area contributed by atoms with Gasteiger partial charge in [0.1, 0.15) is 23.5 Å². The SMILES string of the molecule is C=CC(=O)N[C@@H]1CCCN(Cc2ccnc(C(=O)Nc3ccc(-c4cc5c(N6C[C@H]7COC[C@H]7C6)ncnc5[nH]4)cc3)c2)C1. The zero-order chi connectivity index (χ0) is 30.0. The van der Waals surface area contributed by atoms with E-state index in [0.717, 1.165) is 85.9 Å². The fourth-order valence-corrected chi connectivity index (χ4v) is 6.65. The summed E-state index contributed by atoms with van der Waals surface area (Å²) >= 11 is 0. The summed E-state index contributed by atoms with van der Waals surface area (Å²) in [5.41, 5.74) is 4.79. The van der Waals surface area contributed by atoms with Gasteiger partial charge in [0, 0.05) is 61.6 Å². The van der Waals surface area contributed by atoms with E-state index in [1.54, 1.807) is 12.5 Å². The maximum atomic E-state index is 13.1. The second-order valence-corrected chi connectivity index (χ2v) is 12.0. The summed E-state index contributed by atoms with van der Waals surface area (Å²) in [6.45, 7) is 9.49. The summed E-state index contributed by atoms with van der Waals surface area (Å²) in [6.07, 6.45) is 6.55. The minimum atomic E-state index is -0.263. The summed E-state index contributed by atoms with van der Waals surface area (Å²) < 4.78 is 5.64. The number of likely N-dealkylation sites (tertiary alicyclic amines) is 1. The molecule has 2 amide bonds. The van der Waals surface area contributed by atoms with Crippen LogP contribution in [0.5, 0.6) is 0 Å². The monoisotopic (exact) mass is 592 g/mol. The number of nitrogens with zero attached hydrogens (tertiary/aromatic N) is 5. The Bertz CT molecular complexity index is 1670. The van der Waals surface area contributed by atoms with Crippen LogP contribution in [0.15, 0.2) is 67.6 Å². The van der Waals surface area contributed by atoms with Gasteiger partial charge in [-0.25, -0.2) is 9.97 Å². The number of anilines is 2. The molecule has 3 atom stereocenters. The third kappa shape index (κ3) is 5.93. The molecule has 0 spiro atoms. The van der Waals surface area contributed by atoms with Crippen molar-refractivity contribution in [2.24, 2.45) is 11.8 Å². The molecule has 7 rings (SSSR count). The van der Waals surface area contributed by atoms with E-state index >= 15 is 0 Å². The zero-order valence-electron chi connectivity index (χ0n) is 24.5. The van der Waals surface area contributed by atoms with Gasteiger partial charge in [-0.2, -0.15) is 0 Å². The van der Waals surface area contributed by atoms with E-state index in [4.69, 9.17) is 4.74 Å². The number of carbonyl (C=O) groups excluding carboxylic acids is 2. The molecule has 1 aromatic carbocycles. The van der Waals surface area contributed by atoms with Gasteiger partial charge in [0.15, 0.2) is 0 Å². The summed E-state index contributed by atoms with van der Waals surface area (Å²) in [6, 6.07) is 13.7. The highest BCUT2D eigenvalue weighted by atomic mass is 16.5. The van der Waals surface area contributed by atoms with Crippen molar-refractivity contribution in [1.82, 2.24) is 30.2 Å². The zero-order valence-corrected chi connectivity index (χ0v) is 24.5. The number of aromatic amines is 1. The molecule has 0 unspecified atom stereocenters. The fourth-order valence-electron chi connectivity index (χ4n) is 6.65. The summed E-state index contributed by atoms with van der Waals surface area (Å²) in [4.78, 5) is 46.3. The molecular formula is C33H36N8O3. The number of hydrogen-bond acceptors (Lipinski definition) is 8. The number of carbonyl (C=O) groups is 2. The maximum Gasteiger partial charge on any atom is 0.274 e. The molecule has 3 fully saturated rings. The van der Waals surface area contributed by atoms with Crippen molar-refractivity contribution in [3.8, 4) is 11.3 Å². The van der Waals surface area contributed by atoms with Gasteiger partial charge in [-0.15, -0.1) is 0 Å². The molecule has 3 N–H and O–H groups in total. The normalized spacial score (nSPS) is 21.7. The van der Waals surface area contributed by atoms with Crippen LogP contribution in [0.25, 0.3) is 22.3 Å². The first-order chi connectivity index (χ1) is 21.5. The Balaban J connectivity index is 0.996. The lowest BCUT2D eigenvalue weighted by Crippen LogP contribution is -2.46. The molecule has 3 aromatic heterocycles. The lowest BCUT2D eigenvalue weighted by molar-refractivity contribution is -0.117. The van der Waals surface area contributed by atoms with Crippen LogP contribution in [0.2, 0.25) is 0 Å². The number of amides is 2. The molecule has 226 valence electrons. The number of ether oxygens (including phenoxy) is 1. The molecule has 11 nitrogen and oxygen atoms in total. The number of fused-ring (bicyclic) bond motifs is 2. The highest BCUT2D eigenvalue weighted by Gasteiger charge is 2.38. The molecule has 3 saturated heterocycles. The molecule has 0 radical (unpaired) electrons. The largest absolute Gasteiger partial charge is 0.381 e. The third-order valence-electron chi connectivity index (χ3n) is 8.90. The van der Waals surface area contributed by atoms with Crippen LogP contribution < -0.4 is 15.5 Å². The molecule has 3 aliphatic rings. The first kappa shape index (κ1) is 28.2. The fraction of sp³-hybridized carbons (Fsp3) is 0.364.